The molecule has 1 atom stereocenters. The van der Waals surface area contributed by atoms with E-state index in [1.807, 2.05) is 60.7 Å². The number of nitrogens with one attached hydrogen (secondary N) is 3. The van der Waals surface area contributed by atoms with E-state index in [0.29, 0.717) is 44.7 Å². The lowest BCUT2D eigenvalue weighted by Crippen LogP contribution is -2.31. The normalized spacial score (nSPS) is 15.0. The van der Waals surface area contributed by atoms with Crippen LogP contribution in [-0.2, 0) is 16.1 Å². The zero-order valence-corrected chi connectivity index (χ0v) is 21.7. The molecule has 1 heterocycles. The Morgan fingerprint density at radius 1 is 1.00 bits per heavy atom. The van der Waals surface area contributed by atoms with Crippen molar-refractivity contribution in [2.75, 3.05) is 11.1 Å². The van der Waals surface area contributed by atoms with Crippen LogP contribution in [0.1, 0.15) is 24.0 Å². The van der Waals surface area contributed by atoms with Gasteiger partial charge in [0.25, 0.3) is 5.91 Å². The van der Waals surface area contributed by atoms with E-state index in [4.69, 9.17) is 11.6 Å². The second-order valence-electron chi connectivity index (χ2n) is 8.34. The van der Waals surface area contributed by atoms with E-state index in [9.17, 15) is 14.9 Å². The number of allylic oxidation sites excluding steroid dienone is 2. The molecule has 1 aliphatic heterocycles. The van der Waals surface area contributed by atoms with Gasteiger partial charge in [-0.3, -0.25) is 9.59 Å². The van der Waals surface area contributed by atoms with Crippen LogP contribution < -0.4 is 16.0 Å². The summed E-state index contributed by atoms with van der Waals surface area (Å²) < 4.78 is 0. The van der Waals surface area contributed by atoms with Gasteiger partial charge in [0.1, 0.15) is 0 Å². The van der Waals surface area contributed by atoms with Gasteiger partial charge in [0, 0.05) is 28.5 Å². The van der Waals surface area contributed by atoms with Crippen LogP contribution in [0.4, 0.5) is 5.69 Å². The highest BCUT2D eigenvalue weighted by molar-refractivity contribution is 8.03. The van der Waals surface area contributed by atoms with Gasteiger partial charge in [-0.1, -0.05) is 90.1 Å². The minimum absolute atomic E-state index is 0.106. The van der Waals surface area contributed by atoms with Gasteiger partial charge in [-0.2, -0.15) is 5.26 Å². The first-order chi connectivity index (χ1) is 18.0. The van der Waals surface area contributed by atoms with Crippen molar-refractivity contribution in [1.82, 2.24) is 10.6 Å². The lowest BCUT2D eigenvalue weighted by atomic mass is 9.82. The first kappa shape index (κ1) is 26.1. The van der Waals surface area contributed by atoms with Gasteiger partial charge in [0.2, 0.25) is 5.91 Å². The number of hydrogen-bond acceptors (Lipinski definition) is 5. The smallest absolute Gasteiger partial charge is 0.254 e. The molecule has 0 aliphatic carbocycles. The molecule has 0 radical (unpaired) electrons. The monoisotopic (exact) mass is 528 g/mol. The SMILES string of the molecule is CC1=C(C(=O)Nc2ccccc2)[C@H](c2ccccc2Cl)C(C#N)=C(SCC(=O)NCc2ccccc2)N1. The third-order valence-corrected chi connectivity index (χ3v) is 7.18. The highest BCUT2D eigenvalue weighted by atomic mass is 35.5. The quantitative estimate of drug-likeness (QED) is 0.347. The summed E-state index contributed by atoms with van der Waals surface area (Å²) >= 11 is 7.78. The van der Waals surface area contributed by atoms with E-state index in [1.54, 1.807) is 31.2 Å². The summed E-state index contributed by atoms with van der Waals surface area (Å²) in [4.78, 5) is 26.0. The van der Waals surface area contributed by atoms with Crippen LogP contribution in [0.3, 0.4) is 0 Å². The minimum Gasteiger partial charge on any atom is -0.353 e. The summed E-state index contributed by atoms with van der Waals surface area (Å²) in [6, 6.07) is 28.2. The molecule has 0 fully saturated rings. The standard InChI is InChI=1S/C29H25ClN4O2S/c1-19-26(28(36)34-21-12-6-3-7-13-21)27(22-14-8-9-15-24(22)30)23(16-31)29(33-19)37-18-25(35)32-17-20-10-4-2-5-11-20/h2-15,27,33H,17-18H2,1H3,(H,32,35)(H,34,36)/t27-/m1/s1. The summed E-state index contributed by atoms with van der Waals surface area (Å²) in [5, 5.41) is 20.2. The Balaban J connectivity index is 1.60. The number of amides is 2. The fraction of sp³-hybridized carbons (Fsp3) is 0.138. The van der Waals surface area contributed by atoms with Gasteiger partial charge >= 0.3 is 0 Å². The van der Waals surface area contributed by atoms with Crippen LogP contribution in [0.2, 0.25) is 5.02 Å². The number of benzene rings is 3. The van der Waals surface area contributed by atoms with Crippen molar-refractivity contribution in [1.29, 1.82) is 5.26 Å². The maximum absolute atomic E-state index is 13.5. The predicted octanol–water partition coefficient (Wildman–Crippen LogP) is 5.72. The fourth-order valence-electron chi connectivity index (χ4n) is 4.05. The molecule has 0 bridgehead atoms. The van der Waals surface area contributed by atoms with Crippen molar-refractivity contribution in [2.45, 2.75) is 19.4 Å². The average molecular weight is 529 g/mol. The molecule has 3 aromatic rings. The number of carbonyl (C=O) groups is 2. The Morgan fingerprint density at radius 2 is 1.65 bits per heavy atom. The fourth-order valence-corrected chi connectivity index (χ4v) is 5.22. The highest BCUT2D eigenvalue weighted by Crippen LogP contribution is 2.43. The second-order valence-corrected chi connectivity index (χ2v) is 9.74. The molecule has 3 aromatic carbocycles. The third-order valence-electron chi connectivity index (χ3n) is 5.82. The predicted molar refractivity (Wildman–Crippen MR) is 148 cm³/mol. The number of hydrogen-bond donors (Lipinski definition) is 3. The Labute approximate surface area is 225 Å². The maximum Gasteiger partial charge on any atom is 0.254 e. The molecule has 186 valence electrons. The van der Waals surface area contributed by atoms with Gasteiger partial charge in [-0.05, 0) is 36.2 Å². The number of carbonyl (C=O) groups excluding carboxylic acids is 2. The van der Waals surface area contributed by atoms with Crippen LogP contribution in [0.25, 0.3) is 0 Å². The van der Waals surface area contributed by atoms with Gasteiger partial charge in [0.15, 0.2) is 0 Å². The van der Waals surface area contributed by atoms with E-state index in [0.717, 1.165) is 5.56 Å². The molecule has 37 heavy (non-hydrogen) atoms. The molecule has 8 heteroatoms. The number of para-hydroxylation sites is 1. The number of thioether (sulfide) groups is 1. The molecule has 2 amide bonds. The Hall–Kier alpha value is -3.99. The van der Waals surface area contributed by atoms with Gasteiger partial charge < -0.3 is 16.0 Å². The molecule has 0 saturated heterocycles. The third kappa shape index (κ3) is 6.42. The zero-order chi connectivity index (χ0) is 26.2. The Morgan fingerprint density at radius 3 is 2.32 bits per heavy atom. The number of dihydropyridines is 1. The van der Waals surface area contributed by atoms with Crippen molar-refractivity contribution in [3.05, 3.63) is 123 Å². The first-order valence-corrected chi connectivity index (χ1v) is 13.0. The highest BCUT2D eigenvalue weighted by Gasteiger charge is 2.35. The first-order valence-electron chi connectivity index (χ1n) is 11.6. The van der Waals surface area contributed by atoms with Crippen LogP contribution >= 0.6 is 23.4 Å². The molecule has 0 aromatic heterocycles. The van der Waals surface area contributed by atoms with Crippen molar-refractivity contribution in [3.63, 3.8) is 0 Å². The summed E-state index contributed by atoms with van der Waals surface area (Å²) in [7, 11) is 0. The van der Waals surface area contributed by atoms with E-state index in [2.05, 4.69) is 22.0 Å². The van der Waals surface area contributed by atoms with Crippen molar-refractivity contribution >= 4 is 40.9 Å². The largest absolute Gasteiger partial charge is 0.353 e. The molecule has 0 unspecified atom stereocenters. The van der Waals surface area contributed by atoms with Crippen LogP contribution in [-0.4, -0.2) is 17.6 Å². The molecule has 1 aliphatic rings. The Kier molecular flexibility index (Phi) is 8.68. The minimum atomic E-state index is -0.696. The average Bonchev–Trinajstić information content (AvgIpc) is 2.91. The molecule has 6 nitrogen and oxygen atoms in total. The number of anilines is 1. The van der Waals surface area contributed by atoms with E-state index in [1.165, 1.54) is 11.8 Å². The van der Waals surface area contributed by atoms with Crippen LogP contribution in [0, 0.1) is 11.3 Å². The number of nitriles is 1. The molecule has 0 spiro atoms. The number of halogens is 1. The second kappa shape index (κ2) is 12.3. The lowest BCUT2D eigenvalue weighted by molar-refractivity contribution is -0.118. The molecule has 3 N–H and O–H groups in total. The summed E-state index contributed by atoms with van der Waals surface area (Å²) in [5.41, 5.74) is 3.60. The van der Waals surface area contributed by atoms with Crippen LogP contribution in [0.15, 0.2) is 107 Å². The van der Waals surface area contributed by atoms with E-state index < -0.39 is 5.92 Å². The van der Waals surface area contributed by atoms with E-state index in [-0.39, 0.29) is 17.6 Å². The molecule has 0 saturated carbocycles. The molecular weight excluding hydrogens is 504 g/mol. The summed E-state index contributed by atoms with van der Waals surface area (Å²) in [5.74, 6) is -1.09. The Bertz CT molecular complexity index is 1400. The number of nitrogens with zero attached hydrogens (tertiary/aromatic N) is 1. The van der Waals surface area contributed by atoms with Crippen molar-refractivity contribution in [3.8, 4) is 6.07 Å². The van der Waals surface area contributed by atoms with Gasteiger partial charge in [0.05, 0.1) is 28.3 Å². The van der Waals surface area contributed by atoms with Gasteiger partial charge in [-0.25, -0.2) is 0 Å². The zero-order valence-electron chi connectivity index (χ0n) is 20.1. The lowest BCUT2D eigenvalue weighted by Gasteiger charge is -2.30. The summed E-state index contributed by atoms with van der Waals surface area (Å²) in [6.07, 6.45) is 0. The number of rotatable bonds is 8. The van der Waals surface area contributed by atoms with Crippen molar-refractivity contribution in [2.24, 2.45) is 0 Å². The van der Waals surface area contributed by atoms with Crippen LogP contribution in [0.5, 0.6) is 0 Å². The topological polar surface area (TPSA) is 94.0 Å². The van der Waals surface area contributed by atoms with Crippen molar-refractivity contribution < 1.29 is 9.59 Å². The van der Waals surface area contributed by atoms with E-state index >= 15 is 0 Å². The van der Waals surface area contributed by atoms with Gasteiger partial charge in [-0.15, -0.1) is 0 Å². The maximum atomic E-state index is 13.5. The summed E-state index contributed by atoms with van der Waals surface area (Å²) in [6.45, 7) is 2.21. The molecular formula is C29H25ClN4O2S. The molecule has 4 rings (SSSR count).